The van der Waals surface area contributed by atoms with Gasteiger partial charge in [0.1, 0.15) is 35.3 Å². The fourth-order valence-electron chi connectivity index (χ4n) is 4.51. The van der Waals surface area contributed by atoms with Crippen molar-refractivity contribution < 1.29 is 23.9 Å². The Balaban J connectivity index is 1.33. The summed E-state index contributed by atoms with van der Waals surface area (Å²) in [5.74, 6) is -0.531. The van der Waals surface area contributed by atoms with Gasteiger partial charge in [-0.25, -0.2) is 14.4 Å². The Morgan fingerprint density at radius 2 is 1.97 bits per heavy atom. The topological polar surface area (TPSA) is 126 Å². The number of benzene rings is 1. The molecular formula is C25H29ClFN5O4. The number of amides is 2. The number of carbonyl (C=O) groups is 2. The van der Waals surface area contributed by atoms with Crippen LogP contribution < -0.4 is 10.6 Å². The molecule has 0 spiro atoms. The van der Waals surface area contributed by atoms with E-state index in [-0.39, 0.29) is 35.3 Å². The molecule has 1 aromatic carbocycles. The van der Waals surface area contributed by atoms with Crippen molar-refractivity contribution in [2.75, 3.05) is 0 Å². The van der Waals surface area contributed by atoms with Crippen LogP contribution in [0.4, 0.5) is 4.39 Å². The van der Waals surface area contributed by atoms with Gasteiger partial charge in [-0.15, -0.1) is 0 Å². The number of aliphatic hydroxyl groups excluding tert-OH is 1. The average Bonchev–Trinajstić information content (AvgIpc) is 3.35. The molecule has 36 heavy (non-hydrogen) atoms. The van der Waals surface area contributed by atoms with Gasteiger partial charge < -0.3 is 20.6 Å². The van der Waals surface area contributed by atoms with Gasteiger partial charge in [-0.3, -0.25) is 9.59 Å². The van der Waals surface area contributed by atoms with E-state index in [1.807, 2.05) is 0 Å². The van der Waals surface area contributed by atoms with Crippen LogP contribution in [0.2, 0.25) is 5.02 Å². The average molecular weight is 518 g/mol. The largest absolute Gasteiger partial charge is 0.391 e. The third kappa shape index (κ3) is 6.36. The van der Waals surface area contributed by atoms with E-state index in [1.165, 1.54) is 19.1 Å². The minimum absolute atomic E-state index is 0.00582. The molecule has 2 aromatic rings. The van der Waals surface area contributed by atoms with Gasteiger partial charge in [-0.1, -0.05) is 22.8 Å². The van der Waals surface area contributed by atoms with Gasteiger partial charge in [0.25, 0.3) is 5.91 Å². The maximum absolute atomic E-state index is 13.4. The van der Waals surface area contributed by atoms with Gasteiger partial charge in [0.05, 0.1) is 10.7 Å². The van der Waals surface area contributed by atoms with Crippen molar-refractivity contribution in [2.24, 2.45) is 11.1 Å². The van der Waals surface area contributed by atoms with Gasteiger partial charge in [0.2, 0.25) is 5.91 Å². The zero-order valence-electron chi connectivity index (χ0n) is 20.1. The highest BCUT2D eigenvalue weighted by Gasteiger charge is 2.34. The molecule has 192 valence electrons. The second kappa shape index (κ2) is 11.3. The van der Waals surface area contributed by atoms with E-state index in [9.17, 15) is 19.1 Å². The number of hydrogen-bond acceptors (Lipinski definition) is 7. The van der Waals surface area contributed by atoms with E-state index in [0.29, 0.717) is 35.1 Å². The minimum Gasteiger partial charge on any atom is -0.391 e. The van der Waals surface area contributed by atoms with Crippen LogP contribution >= 0.6 is 11.6 Å². The summed E-state index contributed by atoms with van der Waals surface area (Å²) in [6, 6.07) is 5.92. The summed E-state index contributed by atoms with van der Waals surface area (Å²) < 4.78 is 13.4. The summed E-state index contributed by atoms with van der Waals surface area (Å²) in [6.45, 7) is 3.33. The predicted molar refractivity (Wildman–Crippen MR) is 131 cm³/mol. The Morgan fingerprint density at radius 1 is 1.22 bits per heavy atom. The molecule has 0 saturated heterocycles. The number of halogens is 2. The monoisotopic (exact) mass is 517 g/mol. The van der Waals surface area contributed by atoms with Crippen molar-refractivity contribution >= 4 is 29.1 Å². The van der Waals surface area contributed by atoms with Crippen molar-refractivity contribution in [1.29, 1.82) is 0 Å². The lowest BCUT2D eigenvalue weighted by molar-refractivity contribution is -0.129. The second-order valence-electron chi connectivity index (χ2n) is 9.30. The molecule has 2 atom stereocenters. The lowest BCUT2D eigenvalue weighted by atomic mass is 9.81. The number of nitrogens with one attached hydrogen (secondary N) is 2. The van der Waals surface area contributed by atoms with Crippen LogP contribution in [0.5, 0.6) is 0 Å². The molecule has 9 nitrogen and oxygen atoms in total. The molecule has 11 heteroatoms. The van der Waals surface area contributed by atoms with Crippen molar-refractivity contribution in [3.8, 4) is 0 Å². The Bertz CT molecular complexity index is 1170. The molecule has 4 rings (SSSR count). The molecule has 1 aromatic heterocycles. The highest BCUT2D eigenvalue weighted by Crippen LogP contribution is 2.33. The molecule has 1 saturated carbocycles. The van der Waals surface area contributed by atoms with Crippen LogP contribution in [0.1, 0.15) is 66.6 Å². The first kappa shape index (κ1) is 26.0. The van der Waals surface area contributed by atoms with E-state index >= 15 is 0 Å². The highest BCUT2D eigenvalue weighted by molar-refractivity contribution is 6.30. The lowest BCUT2D eigenvalue weighted by Gasteiger charge is -2.31. The van der Waals surface area contributed by atoms with E-state index in [1.54, 1.807) is 19.1 Å². The summed E-state index contributed by atoms with van der Waals surface area (Å²) in [4.78, 5) is 38.9. The molecule has 1 aliphatic heterocycles. The Labute approximate surface area is 213 Å². The zero-order valence-corrected chi connectivity index (χ0v) is 20.9. The molecule has 2 amide bonds. The summed E-state index contributed by atoms with van der Waals surface area (Å²) in [5.41, 5.74) is 2.07. The third-order valence-corrected chi connectivity index (χ3v) is 6.81. The number of aromatic nitrogens is 2. The number of nitrogens with zero attached hydrogens (tertiary/aromatic N) is 3. The zero-order chi connectivity index (χ0) is 25.8. The SMILES string of the molecule is Cc1nc(C(=O)NCc2ccc(F)c(Cl)c2)cc(C2=NOC([C@H]3CC[C@H](NC(=O)[C@H](C)O)CC3)C2)n1. The van der Waals surface area contributed by atoms with E-state index in [0.717, 1.165) is 25.7 Å². The van der Waals surface area contributed by atoms with E-state index < -0.39 is 17.8 Å². The van der Waals surface area contributed by atoms with Crippen LogP contribution in [0.25, 0.3) is 0 Å². The van der Waals surface area contributed by atoms with Crippen LogP contribution in [-0.4, -0.2) is 50.9 Å². The van der Waals surface area contributed by atoms with Crippen LogP contribution in [0.15, 0.2) is 29.4 Å². The fourth-order valence-corrected chi connectivity index (χ4v) is 4.72. The standard InChI is InChI=1S/C25H29ClFN5O4/c1-13(33)24(34)31-17-6-4-16(5-7-17)23-11-21(32-36-23)20-10-22(30-14(2)29-20)25(35)28-12-15-3-8-19(27)18(26)9-15/h3,8-10,13,16-17,23,33H,4-7,11-12H2,1-2H3,(H,28,35)(H,31,34)/t13-,16-,17-,23?/m0/s1. The first-order chi connectivity index (χ1) is 17.2. The minimum atomic E-state index is -1.01. The molecule has 2 aliphatic rings. The van der Waals surface area contributed by atoms with Gasteiger partial charge in [0.15, 0.2) is 0 Å². The van der Waals surface area contributed by atoms with E-state index in [4.69, 9.17) is 16.4 Å². The summed E-state index contributed by atoms with van der Waals surface area (Å²) in [7, 11) is 0. The molecule has 0 radical (unpaired) electrons. The second-order valence-corrected chi connectivity index (χ2v) is 9.71. The number of rotatable bonds is 7. The number of oxime groups is 1. The Kier molecular flexibility index (Phi) is 8.15. The smallest absolute Gasteiger partial charge is 0.270 e. The number of carbonyl (C=O) groups excluding carboxylic acids is 2. The van der Waals surface area contributed by atoms with Crippen LogP contribution in [0, 0.1) is 18.7 Å². The summed E-state index contributed by atoms with van der Waals surface area (Å²) in [6.07, 6.45) is 2.85. The number of aliphatic hydroxyl groups is 1. The van der Waals surface area contributed by atoms with Crippen molar-refractivity contribution in [1.82, 2.24) is 20.6 Å². The maximum atomic E-state index is 13.4. The van der Waals surface area contributed by atoms with Crippen molar-refractivity contribution in [3.05, 3.63) is 57.9 Å². The Hall–Kier alpha value is -3.11. The molecular weight excluding hydrogens is 489 g/mol. The van der Waals surface area contributed by atoms with E-state index in [2.05, 4.69) is 25.8 Å². The molecule has 0 bridgehead atoms. The van der Waals surface area contributed by atoms with Crippen LogP contribution in [0.3, 0.4) is 0 Å². The van der Waals surface area contributed by atoms with Crippen molar-refractivity contribution in [2.45, 2.75) is 70.7 Å². The molecule has 1 unspecified atom stereocenters. The molecule has 1 fully saturated rings. The Morgan fingerprint density at radius 3 is 2.67 bits per heavy atom. The highest BCUT2D eigenvalue weighted by atomic mass is 35.5. The van der Waals surface area contributed by atoms with Gasteiger partial charge in [0, 0.05) is 19.0 Å². The normalized spacial score (nSPS) is 22.4. The maximum Gasteiger partial charge on any atom is 0.270 e. The lowest BCUT2D eigenvalue weighted by Crippen LogP contribution is -2.43. The molecule has 1 aliphatic carbocycles. The number of aryl methyl sites for hydroxylation is 1. The number of hydrogen-bond donors (Lipinski definition) is 3. The predicted octanol–water partition coefficient (Wildman–Crippen LogP) is 3.06. The summed E-state index contributed by atoms with van der Waals surface area (Å²) in [5, 5.41) is 19.3. The third-order valence-electron chi connectivity index (χ3n) is 6.52. The quantitative estimate of drug-likeness (QED) is 0.518. The van der Waals surface area contributed by atoms with Gasteiger partial charge in [-0.2, -0.15) is 0 Å². The van der Waals surface area contributed by atoms with Crippen LogP contribution in [-0.2, 0) is 16.2 Å². The molecule has 2 heterocycles. The summed E-state index contributed by atoms with van der Waals surface area (Å²) >= 11 is 5.81. The van der Waals surface area contributed by atoms with Gasteiger partial charge in [-0.05, 0) is 69.2 Å². The first-order valence-electron chi connectivity index (χ1n) is 12.0. The fraction of sp³-hybridized carbons (Fsp3) is 0.480. The van der Waals surface area contributed by atoms with Gasteiger partial charge >= 0.3 is 0 Å². The molecule has 3 N–H and O–H groups in total. The first-order valence-corrected chi connectivity index (χ1v) is 12.4. The van der Waals surface area contributed by atoms with Crippen molar-refractivity contribution in [3.63, 3.8) is 0 Å².